The van der Waals surface area contributed by atoms with Crippen LogP contribution in [0.25, 0.3) is 63.5 Å². The molecule has 1 nitrogen and oxygen atoms in total. The summed E-state index contributed by atoms with van der Waals surface area (Å²) in [6, 6.07) is 31.0. The van der Waals surface area contributed by atoms with Gasteiger partial charge in [-0.2, -0.15) is 0 Å². The Morgan fingerprint density at radius 1 is 0.536 bits per heavy atom. The molecule has 2 heterocycles. The number of nitrogens with one attached hydrogen (secondary N) is 1. The van der Waals surface area contributed by atoms with E-state index in [1.807, 2.05) is 11.3 Å². The van der Waals surface area contributed by atoms with Crippen LogP contribution in [-0.2, 0) is 0 Å². The smallest absolute Gasteiger partial charge is 0.0544 e. The highest BCUT2D eigenvalue weighted by molar-refractivity contribution is 7.26. The number of thiophene rings is 1. The van der Waals surface area contributed by atoms with Gasteiger partial charge in [0.1, 0.15) is 0 Å². The molecule has 0 bridgehead atoms. The monoisotopic (exact) mass is 373 g/mol. The van der Waals surface area contributed by atoms with Gasteiger partial charge >= 0.3 is 0 Å². The second-order valence-electron chi connectivity index (χ2n) is 7.46. The molecule has 0 spiro atoms. The zero-order valence-corrected chi connectivity index (χ0v) is 15.8. The summed E-state index contributed by atoms with van der Waals surface area (Å²) < 4.78 is 2.74. The van der Waals surface area contributed by atoms with Crippen LogP contribution in [0, 0.1) is 0 Å². The summed E-state index contributed by atoms with van der Waals surface area (Å²) >= 11 is 1.91. The number of fused-ring (bicyclic) bond motifs is 11. The van der Waals surface area contributed by atoms with Crippen molar-refractivity contribution in [3.8, 4) is 0 Å². The fourth-order valence-electron chi connectivity index (χ4n) is 4.73. The van der Waals surface area contributed by atoms with Crippen LogP contribution < -0.4 is 0 Å². The molecule has 130 valence electrons. The Kier molecular flexibility index (Phi) is 2.68. The first-order chi connectivity index (χ1) is 13.9. The van der Waals surface area contributed by atoms with E-state index in [4.69, 9.17) is 0 Å². The summed E-state index contributed by atoms with van der Waals surface area (Å²) in [5.41, 5.74) is 2.43. The molecule has 5 aromatic carbocycles. The van der Waals surface area contributed by atoms with E-state index < -0.39 is 0 Å². The number of aromatic amines is 1. The van der Waals surface area contributed by atoms with Crippen LogP contribution in [0.4, 0.5) is 0 Å². The molecule has 28 heavy (non-hydrogen) atoms. The van der Waals surface area contributed by atoms with Crippen LogP contribution in [0.1, 0.15) is 0 Å². The molecule has 0 saturated heterocycles. The van der Waals surface area contributed by atoms with E-state index in [0.717, 1.165) is 0 Å². The van der Waals surface area contributed by atoms with Crippen LogP contribution in [0.2, 0.25) is 0 Å². The van der Waals surface area contributed by atoms with Gasteiger partial charge in [-0.15, -0.1) is 11.3 Å². The molecule has 2 heteroatoms. The van der Waals surface area contributed by atoms with Crippen molar-refractivity contribution in [3.63, 3.8) is 0 Å². The van der Waals surface area contributed by atoms with Crippen LogP contribution in [0.3, 0.4) is 0 Å². The van der Waals surface area contributed by atoms with Crippen LogP contribution in [0.15, 0.2) is 84.9 Å². The Labute approximate surface area is 164 Å². The minimum absolute atomic E-state index is 1.20. The van der Waals surface area contributed by atoms with Gasteiger partial charge in [0.25, 0.3) is 0 Å². The first-order valence-electron chi connectivity index (χ1n) is 9.54. The molecule has 0 aliphatic carbocycles. The highest BCUT2D eigenvalue weighted by atomic mass is 32.1. The Morgan fingerprint density at radius 3 is 2.14 bits per heavy atom. The number of aromatic nitrogens is 1. The van der Waals surface area contributed by atoms with Crippen LogP contribution >= 0.6 is 11.3 Å². The van der Waals surface area contributed by atoms with Gasteiger partial charge in [-0.3, -0.25) is 0 Å². The normalized spacial score (nSPS) is 12.3. The lowest BCUT2D eigenvalue weighted by Gasteiger charge is -2.07. The molecule has 7 aromatic rings. The van der Waals surface area contributed by atoms with Gasteiger partial charge in [-0.1, -0.05) is 72.8 Å². The highest BCUT2D eigenvalue weighted by Crippen LogP contribution is 2.42. The van der Waals surface area contributed by atoms with Crippen molar-refractivity contribution in [3.05, 3.63) is 84.9 Å². The predicted molar refractivity (Wildman–Crippen MR) is 124 cm³/mol. The Morgan fingerprint density at radius 2 is 1.21 bits per heavy atom. The van der Waals surface area contributed by atoms with E-state index >= 15 is 0 Å². The second-order valence-corrected chi connectivity index (χ2v) is 8.51. The molecule has 0 atom stereocenters. The standard InChI is InChI=1S/C26H15NS/c1-3-7-22-16(5-1)19-14-13-18-20(25(19)27-22)11-9-15-10-12-21-17-6-2-4-8-23(17)28-26(21)24(15)18/h1-14,27H. The maximum absolute atomic E-state index is 3.66. The van der Waals surface area contributed by atoms with E-state index in [1.165, 1.54) is 63.5 Å². The average Bonchev–Trinajstić information content (AvgIpc) is 3.31. The third-order valence-electron chi connectivity index (χ3n) is 6.00. The average molecular weight is 373 g/mol. The van der Waals surface area contributed by atoms with Gasteiger partial charge in [-0.25, -0.2) is 0 Å². The highest BCUT2D eigenvalue weighted by Gasteiger charge is 2.13. The van der Waals surface area contributed by atoms with Crippen molar-refractivity contribution in [2.45, 2.75) is 0 Å². The fraction of sp³-hybridized carbons (Fsp3) is 0. The minimum atomic E-state index is 1.20. The van der Waals surface area contributed by atoms with E-state index in [1.54, 1.807) is 0 Å². The van der Waals surface area contributed by atoms with Crippen molar-refractivity contribution < 1.29 is 0 Å². The number of para-hydroxylation sites is 1. The molecule has 7 rings (SSSR count). The first kappa shape index (κ1) is 14.7. The van der Waals surface area contributed by atoms with Gasteiger partial charge in [0.2, 0.25) is 0 Å². The Hall–Kier alpha value is -3.36. The molecule has 0 radical (unpaired) electrons. The van der Waals surface area contributed by atoms with E-state index in [0.29, 0.717) is 0 Å². The minimum Gasteiger partial charge on any atom is -0.354 e. The largest absolute Gasteiger partial charge is 0.354 e. The first-order valence-corrected chi connectivity index (χ1v) is 10.4. The fourth-order valence-corrected chi connectivity index (χ4v) is 6.00. The molecule has 0 fully saturated rings. The number of benzene rings is 5. The topological polar surface area (TPSA) is 15.8 Å². The van der Waals surface area contributed by atoms with E-state index in [9.17, 15) is 0 Å². The molecular weight excluding hydrogens is 358 g/mol. The number of hydrogen-bond donors (Lipinski definition) is 1. The second kappa shape index (κ2) is 5.12. The molecule has 1 N–H and O–H groups in total. The van der Waals surface area contributed by atoms with Crippen molar-refractivity contribution in [1.82, 2.24) is 4.98 Å². The maximum atomic E-state index is 3.66. The lowest BCUT2D eigenvalue weighted by Crippen LogP contribution is -1.80. The molecule has 0 unspecified atom stereocenters. The number of rotatable bonds is 0. The summed E-state index contributed by atoms with van der Waals surface area (Å²) in [5, 5.41) is 10.6. The van der Waals surface area contributed by atoms with Crippen LogP contribution in [-0.4, -0.2) is 4.98 Å². The maximum Gasteiger partial charge on any atom is 0.0544 e. The van der Waals surface area contributed by atoms with Gasteiger partial charge in [0, 0.05) is 47.2 Å². The van der Waals surface area contributed by atoms with Gasteiger partial charge < -0.3 is 4.98 Å². The van der Waals surface area contributed by atoms with Gasteiger partial charge in [-0.05, 0) is 22.9 Å². The molecular formula is C26H15NS. The molecule has 0 saturated carbocycles. The molecule has 0 aliphatic heterocycles. The quantitative estimate of drug-likeness (QED) is 0.259. The number of hydrogen-bond acceptors (Lipinski definition) is 1. The van der Waals surface area contributed by atoms with Crippen LogP contribution in [0.5, 0.6) is 0 Å². The predicted octanol–water partition coefficient (Wildman–Crippen LogP) is 8.00. The summed E-state index contributed by atoms with van der Waals surface area (Å²) in [6.45, 7) is 0. The van der Waals surface area contributed by atoms with Crippen molar-refractivity contribution in [2.24, 2.45) is 0 Å². The van der Waals surface area contributed by atoms with Gasteiger partial charge in [0.15, 0.2) is 0 Å². The lowest BCUT2D eigenvalue weighted by molar-refractivity contribution is 1.56. The lowest BCUT2D eigenvalue weighted by atomic mass is 9.98. The van der Waals surface area contributed by atoms with Crippen molar-refractivity contribution in [2.75, 3.05) is 0 Å². The van der Waals surface area contributed by atoms with Gasteiger partial charge in [0.05, 0.1) is 5.52 Å². The number of H-pyrrole nitrogens is 1. The Bertz CT molecular complexity index is 1720. The zero-order chi connectivity index (χ0) is 18.2. The van der Waals surface area contributed by atoms with E-state index in [2.05, 4.69) is 89.9 Å². The Balaban J connectivity index is 1.74. The van der Waals surface area contributed by atoms with Crippen molar-refractivity contribution in [1.29, 1.82) is 0 Å². The van der Waals surface area contributed by atoms with Crippen molar-refractivity contribution >= 4 is 74.9 Å². The summed E-state index contributed by atoms with van der Waals surface area (Å²) in [7, 11) is 0. The van der Waals surface area contributed by atoms with E-state index in [-0.39, 0.29) is 0 Å². The summed E-state index contributed by atoms with van der Waals surface area (Å²) in [5.74, 6) is 0. The third-order valence-corrected chi connectivity index (χ3v) is 7.20. The molecule has 0 amide bonds. The molecule has 0 aliphatic rings. The zero-order valence-electron chi connectivity index (χ0n) is 15.0. The third kappa shape index (κ3) is 1.76. The summed E-state index contributed by atoms with van der Waals surface area (Å²) in [6.07, 6.45) is 0. The summed E-state index contributed by atoms with van der Waals surface area (Å²) in [4.78, 5) is 3.66. The SMILES string of the molecule is c1ccc2c(c1)[nH]c1c2ccc2c1ccc1ccc3c4ccccc4sc3c12. The molecule has 2 aromatic heterocycles.